The van der Waals surface area contributed by atoms with Gasteiger partial charge in [0.15, 0.2) is 0 Å². The first-order chi connectivity index (χ1) is 8.76. The lowest BCUT2D eigenvalue weighted by Gasteiger charge is -2.27. The van der Waals surface area contributed by atoms with E-state index >= 15 is 0 Å². The summed E-state index contributed by atoms with van der Waals surface area (Å²) in [4.78, 5) is 0. The summed E-state index contributed by atoms with van der Waals surface area (Å²) in [6.45, 7) is 10.6. The van der Waals surface area contributed by atoms with Gasteiger partial charge in [-0.1, -0.05) is 52.0 Å². The molecule has 0 bridgehead atoms. The fourth-order valence-corrected chi connectivity index (χ4v) is 3.69. The summed E-state index contributed by atoms with van der Waals surface area (Å²) in [5, 5.41) is 0. The molecule has 1 aliphatic carbocycles. The summed E-state index contributed by atoms with van der Waals surface area (Å²) in [6.07, 6.45) is 8.36. The van der Waals surface area contributed by atoms with E-state index in [4.69, 9.17) is 13.3 Å². The van der Waals surface area contributed by atoms with Gasteiger partial charge in [0.25, 0.3) is 0 Å². The van der Waals surface area contributed by atoms with Crippen LogP contribution >= 0.6 is 0 Å². The number of hydrogen-bond acceptors (Lipinski definition) is 3. The van der Waals surface area contributed by atoms with Gasteiger partial charge in [0, 0.05) is 26.9 Å². The highest BCUT2D eigenvalue weighted by atomic mass is 28.4. The Morgan fingerprint density at radius 1 is 0.944 bits per heavy atom. The van der Waals surface area contributed by atoms with Gasteiger partial charge in [-0.2, -0.15) is 0 Å². The smallest absolute Gasteiger partial charge is 0.377 e. The Labute approximate surface area is 114 Å². The first kappa shape index (κ1) is 19.9. The van der Waals surface area contributed by atoms with Crippen LogP contribution in [0.5, 0.6) is 0 Å². The number of allylic oxidation sites excluding steroid dienone is 4. The average molecular weight is 274 g/mol. The van der Waals surface area contributed by atoms with Crippen LogP contribution < -0.4 is 0 Å². The SMILES string of the molecule is CC.CC.CCO[Si](CC1C=CC=C1)(OC)OC. The van der Waals surface area contributed by atoms with Crippen molar-refractivity contribution in [1.29, 1.82) is 0 Å². The van der Waals surface area contributed by atoms with Crippen LogP contribution in [0.25, 0.3) is 0 Å². The second-order valence-corrected chi connectivity index (χ2v) is 6.04. The van der Waals surface area contributed by atoms with Gasteiger partial charge in [-0.05, 0) is 12.8 Å². The van der Waals surface area contributed by atoms with Crippen LogP contribution in [0, 0.1) is 5.92 Å². The largest absolute Gasteiger partial charge is 0.501 e. The van der Waals surface area contributed by atoms with Gasteiger partial charge < -0.3 is 13.3 Å². The fraction of sp³-hybridized carbons (Fsp3) is 0.714. The molecular weight excluding hydrogens is 244 g/mol. The Hall–Kier alpha value is -0.423. The van der Waals surface area contributed by atoms with Crippen molar-refractivity contribution in [2.75, 3.05) is 20.8 Å². The molecule has 0 aromatic rings. The van der Waals surface area contributed by atoms with Crippen LogP contribution in [0.15, 0.2) is 24.3 Å². The molecule has 108 valence electrons. The predicted molar refractivity (Wildman–Crippen MR) is 80.7 cm³/mol. The summed E-state index contributed by atoms with van der Waals surface area (Å²) >= 11 is 0. The van der Waals surface area contributed by atoms with Crippen LogP contribution in [-0.2, 0) is 13.3 Å². The Bertz CT molecular complexity index is 211. The topological polar surface area (TPSA) is 27.7 Å². The zero-order chi connectivity index (χ0) is 14.4. The molecule has 0 saturated heterocycles. The van der Waals surface area contributed by atoms with Crippen molar-refractivity contribution in [2.45, 2.75) is 40.7 Å². The van der Waals surface area contributed by atoms with Crippen LogP contribution in [0.1, 0.15) is 34.6 Å². The zero-order valence-corrected chi connectivity index (χ0v) is 14.0. The van der Waals surface area contributed by atoms with Crippen molar-refractivity contribution < 1.29 is 13.3 Å². The van der Waals surface area contributed by atoms with Gasteiger partial charge in [0.2, 0.25) is 0 Å². The maximum absolute atomic E-state index is 5.62. The molecule has 1 aliphatic rings. The molecule has 0 radical (unpaired) electrons. The monoisotopic (exact) mass is 274 g/mol. The summed E-state index contributed by atoms with van der Waals surface area (Å²) in [5.74, 6) is 0.396. The lowest BCUT2D eigenvalue weighted by atomic mass is 10.2. The van der Waals surface area contributed by atoms with E-state index in [-0.39, 0.29) is 0 Å². The third-order valence-corrected chi connectivity index (χ3v) is 5.24. The maximum Gasteiger partial charge on any atom is 0.501 e. The molecule has 0 spiro atoms. The molecule has 1 rings (SSSR count). The third kappa shape index (κ3) is 7.11. The molecule has 0 saturated carbocycles. The van der Waals surface area contributed by atoms with Crippen molar-refractivity contribution in [3.8, 4) is 0 Å². The van der Waals surface area contributed by atoms with E-state index in [1.54, 1.807) is 14.2 Å². The highest BCUT2D eigenvalue weighted by Crippen LogP contribution is 2.24. The Morgan fingerprint density at radius 3 is 1.72 bits per heavy atom. The van der Waals surface area contributed by atoms with Gasteiger partial charge in [-0.3, -0.25) is 0 Å². The molecule has 0 aliphatic heterocycles. The molecule has 4 heteroatoms. The van der Waals surface area contributed by atoms with Crippen molar-refractivity contribution in [3.05, 3.63) is 24.3 Å². The zero-order valence-electron chi connectivity index (χ0n) is 13.0. The average Bonchev–Trinajstić information content (AvgIpc) is 2.95. The standard InChI is InChI=1S/C10H18O3Si.2C2H6/c1-4-13-14(11-2,12-3)9-10-7-5-6-8-10;2*1-2/h5-8,10H,4,9H2,1-3H3;2*1-2H3. The van der Waals surface area contributed by atoms with E-state index in [1.807, 2.05) is 46.8 Å². The second-order valence-electron chi connectivity index (χ2n) is 3.16. The molecule has 0 heterocycles. The molecule has 0 atom stereocenters. The second kappa shape index (κ2) is 13.0. The normalized spacial score (nSPS) is 13.7. The van der Waals surface area contributed by atoms with Gasteiger partial charge in [-0.15, -0.1) is 0 Å². The Kier molecular flexibility index (Phi) is 14.4. The van der Waals surface area contributed by atoms with Gasteiger partial charge in [0.05, 0.1) is 0 Å². The van der Waals surface area contributed by atoms with Gasteiger partial charge >= 0.3 is 8.80 Å². The van der Waals surface area contributed by atoms with Crippen LogP contribution in [0.3, 0.4) is 0 Å². The predicted octanol–water partition coefficient (Wildman–Crippen LogP) is 4.05. The fourth-order valence-electron chi connectivity index (χ4n) is 1.55. The first-order valence-corrected chi connectivity index (χ1v) is 8.78. The molecule has 3 nitrogen and oxygen atoms in total. The number of hydrogen-bond donors (Lipinski definition) is 0. The number of rotatable bonds is 6. The van der Waals surface area contributed by atoms with Gasteiger partial charge in [0.1, 0.15) is 0 Å². The molecule has 0 N–H and O–H groups in total. The maximum atomic E-state index is 5.62. The molecule has 0 unspecified atom stereocenters. The molecular formula is C14H30O3Si. The van der Waals surface area contributed by atoms with E-state index in [0.29, 0.717) is 12.5 Å². The third-order valence-electron chi connectivity index (χ3n) is 2.30. The van der Waals surface area contributed by atoms with E-state index in [0.717, 1.165) is 6.04 Å². The molecule has 18 heavy (non-hydrogen) atoms. The lowest BCUT2D eigenvalue weighted by molar-refractivity contribution is 0.102. The van der Waals surface area contributed by atoms with Gasteiger partial charge in [-0.25, -0.2) is 0 Å². The van der Waals surface area contributed by atoms with Crippen molar-refractivity contribution in [1.82, 2.24) is 0 Å². The highest BCUT2D eigenvalue weighted by Gasteiger charge is 2.40. The minimum atomic E-state index is -2.41. The van der Waals surface area contributed by atoms with Crippen molar-refractivity contribution in [3.63, 3.8) is 0 Å². The summed E-state index contributed by atoms with van der Waals surface area (Å²) < 4.78 is 16.4. The van der Waals surface area contributed by atoms with Crippen LogP contribution in [0.4, 0.5) is 0 Å². The van der Waals surface area contributed by atoms with E-state index in [2.05, 4.69) is 12.2 Å². The first-order valence-electron chi connectivity index (χ1n) is 6.85. The van der Waals surface area contributed by atoms with E-state index in [1.165, 1.54) is 0 Å². The Morgan fingerprint density at radius 2 is 1.39 bits per heavy atom. The quantitative estimate of drug-likeness (QED) is 0.684. The van der Waals surface area contributed by atoms with Crippen LogP contribution in [0.2, 0.25) is 6.04 Å². The van der Waals surface area contributed by atoms with Crippen molar-refractivity contribution >= 4 is 8.80 Å². The summed E-state index contributed by atoms with van der Waals surface area (Å²) in [7, 11) is 0.910. The molecule has 0 amide bonds. The minimum absolute atomic E-state index is 0.396. The van der Waals surface area contributed by atoms with Crippen LogP contribution in [-0.4, -0.2) is 29.6 Å². The van der Waals surface area contributed by atoms with Crippen molar-refractivity contribution in [2.24, 2.45) is 5.92 Å². The summed E-state index contributed by atoms with van der Waals surface area (Å²) in [6, 6.07) is 0.820. The van der Waals surface area contributed by atoms with E-state index < -0.39 is 8.80 Å². The van der Waals surface area contributed by atoms with E-state index in [9.17, 15) is 0 Å². The summed E-state index contributed by atoms with van der Waals surface area (Å²) in [5.41, 5.74) is 0. The minimum Gasteiger partial charge on any atom is -0.377 e. The molecule has 0 fully saturated rings. The molecule has 0 aromatic heterocycles. The lowest BCUT2D eigenvalue weighted by Crippen LogP contribution is -2.45. The Balaban J connectivity index is 0. The molecule has 0 aromatic carbocycles. The highest BCUT2D eigenvalue weighted by molar-refractivity contribution is 6.60.